The molecule has 0 radical (unpaired) electrons. The molecule has 0 N–H and O–H groups in total. The van der Waals surface area contributed by atoms with Crippen LogP contribution in [0, 0.1) is 22.7 Å². The highest BCUT2D eigenvalue weighted by atomic mass is 35.5. The molecule has 146 valence electrons. The number of rotatable bonds is 7. The molecule has 0 aliphatic rings. The molecule has 0 fully saturated rings. The number of aromatic nitrogens is 4. The second-order valence-corrected chi connectivity index (χ2v) is 6.58. The predicted molar refractivity (Wildman–Crippen MR) is 105 cm³/mol. The molecule has 1 aromatic carbocycles. The maximum atomic E-state index is 12.8. The Morgan fingerprint density at radius 1 is 1.21 bits per heavy atom. The van der Waals surface area contributed by atoms with Gasteiger partial charge in [0.05, 0.1) is 36.9 Å². The lowest BCUT2D eigenvalue weighted by atomic mass is 10.3. The Hall–Kier alpha value is -3.69. The van der Waals surface area contributed by atoms with Crippen LogP contribution in [0.3, 0.4) is 0 Å². The molecule has 0 bridgehead atoms. The van der Waals surface area contributed by atoms with E-state index in [0.29, 0.717) is 16.4 Å². The zero-order chi connectivity index (χ0) is 20.8. The van der Waals surface area contributed by atoms with Crippen LogP contribution >= 0.6 is 11.6 Å². The topological polar surface area (TPSA) is 121 Å². The van der Waals surface area contributed by atoms with Crippen molar-refractivity contribution in [1.29, 1.82) is 10.5 Å². The van der Waals surface area contributed by atoms with E-state index in [2.05, 4.69) is 10.1 Å². The Morgan fingerprint density at radius 3 is 2.59 bits per heavy atom. The van der Waals surface area contributed by atoms with Gasteiger partial charge in [0.15, 0.2) is 5.65 Å². The molecule has 29 heavy (non-hydrogen) atoms. The highest BCUT2D eigenvalue weighted by Crippen LogP contribution is 2.17. The van der Waals surface area contributed by atoms with Gasteiger partial charge in [-0.1, -0.05) is 17.7 Å². The van der Waals surface area contributed by atoms with Gasteiger partial charge >= 0.3 is 0 Å². The van der Waals surface area contributed by atoms with Gasteiger partial charge in [-0.3, -0.25) is 14.2 Å². The first-order valence-corrected chi connectivity index (χ1v) is 9.13. The molecule has 9 nitrogen and oxygen atoms in total. The summed E-state index contributed by atoms with van der Waals surface area (Å²) in [5.41, 5.74) is 0.608. The lowest BCUT2D eigenvalue weighted by molar-refractivity contribution is -0.131. The van der Waals surface area contributed by atoms with Crippen molar-refractivity contribution >= 4 is 28.5 Å². The molecule has 0 aliphatic carbocycles. The molecule has 0 unspecified atom stereocenters. The molecular formula is C19H16ClN7O2. The number of hydrogen-bond acceptors (Lipinski definition) is 6. The Bertz CT molecular complexity index is 1170. The fourth-order valence-corrected chi connectivity index (χ4v) is 3.02. The summed E-state index contributed by atoms with van der Waals surface area (Å²) in [7, 11) is 0. The quantitative estimate of drug-likeness (QED) is 0.587. The van der Waals surface area contributed by atoms with Crippen LogP contribution in [-0.2, 0) is 11.3 Å². The van der Waals surface area contributed by atoms with Gasteiger partial charge in [-0.05, 0) is 18.2 Å². The minimum absolute atomic E-state index is 0.149. The van der Waals surface area contributed by atoms with Gasteiger partial charge in [0.1, 0.15) is 18.3 Å². The highest BCUT2D eigenvalue weighted by Gasteiger charge is 2.17. The number of nitriles is 2. The van der Waals surface area contributed by atoms with Crippen molar-refractivity contribution < 1.29 is 4.79 Å². The third-order valence-corrected chi connectivity index (χ3v) is 4.49. The van der Waals surface area contributed by atoms with Gasteiger partial charge in [0.25, 0.3) is 5.56 Å². The van der Waals surface area contributed by atoms with E-state index in [1.54, 1.807) is 24.3 Å². The number of hydrogen-bond donors (Lipinski definition) is 0. The average molecular weight is 410 g/mol. The molecule has 0 atom stereocenters. The van der Waals surface area contributed by atoms with Gasteiger partial charge in [0, 0.05) is 18.1 Å². The van der Waals surface area contributed by atoms with Gasteiger partial charge < -0.3 is 4.90 Å². The van der Waals surface area contributed by atoms with Crippen LogP contribution < -0.4 is 5.56 Å². The molecule has 0 spiro atoms. The molecule has 3 aromatic rings. The van der Waals surface area contributed by atoms with Crippen molar-refractivity contribution in [2.75, 3.05) is 13.1 Å². The van der Waals surface area contributed by atoms with E-state index in [9.17, 15) is 9.59 Å². The summed E-state index contributed by atoms with van der Waals surface area (Å²) in [6.45, 7) is 0.170. The molecular weight excluding hydrogens is 394 g/mol. The molecule has 2 heterocycles. The maximum absolute atomic E-state index is 12.8. The van der Waals surface area contributed by atoms with Gasteiger partial charge in [0.2, 0.25) is 5.91 Å². The lowest BCUT2D eigenvalue weighted by Crippen LogP contribution is -2.37. The number of carbonyl (C=O) groups is 1. The molecule has 0 saturated carbocycles. The van der Waals surface area contributed by atoms with Crippen molar-refractivity contribution in [2.24, 2.45) is 0 Å². The van der Waals surface area contributed by atoms with E-state index in [1.165, 1.54) is 26.7 Å². The normalized spacial score (nSPS) is 10.4. The smallest absolute Gasteiger partial charge is 0.264 e. The van der Waals surface area contributed by atoms with Crippen LogP contribution in [0.2, 0.25) is 5.02 Å². The zero-order valence-electron chi connectivity index (χ0n) is 15.3. The second kappa shape index (κ2) is 9.00. The summed E-state index contributed by atoms with van der Waals surface area (Å²) in [6, 6.07) is 10.9. The van der Waals surface area contributed by atoms with Crippen molar-refractivity contribution in [3.8, 4) is 17.8 Å². The fourth-order valence-electron chi connectivity index (χ4n) is 2.83. The summed E-state index contributed by atoms with van der Waals surface area (Å²) in [6.07, 6.45) is 2.99. The number of fused-ring (bicyclic) bond motifs is 1. The van der Waals surface area contributed by atoms with Crippen molar-refractivity contribution in [3.63, 3.8) is 0 Å². The molecule has 10 heteroatoms. The third-order valence-electron chi connectivity index (χ3n) is 4.25. The zero-order valence-corrected chi connectivity index (χ0v) is 16.1. The van der Waals surface area contributed by atoms with Crippen LogP contribution in [0.4, 0.5) is 0 Å². The first-order valence-electron chi connectivity index (χ1n) is 8.76. The van der Waals surface area contributed by atoms with E-state index in [4.69, 9.17) is 22.1 Å². The van der Waals surface area contributed by atoms with E-state index < -0.39 is 5.56 Å². The fraction of sp³-hybridized carbons (Fsp3) is 0.263. The summed E-state index contributed by atoms with van der Waals surface area (Å²) >= 11 is 6.02. The summed E-state index contributed by atoms with van der Waals surface area (Å²) < 4.78 is 2.70. The lowest BCUT2D eigenvalue weighted by Gasteiger charge is -2.20. The minimum Gasteiger partial charge on any atom is -0.339 e. The molecule has 0 aliphatic heterocycles. The average Bonchev–Trinajstić information content (AvgIpc) is 3.15. The number of amides is 1. The van der Waals surface area contributed by atoms with E-state index >= 15 is 0 Å². The van der Waals surface area contributed by atoms with E-state index in [0.717, 1.165) is 0 Å². The Kier molecular flexibility index (Phi) is 6.22. The van der Waals surface area contributed by atoms with Crippen LogP contribution in [0.15, 0.2) is 41.6 Å². The molecule has 2 aromatic heterocycles. The maximum Gasteiger partial charge on any atom is 0.264 e. The Labute approximate surface area is 171 Å². The van der Waals surface area contributed by atoms with Crippen LogP contribution in [0.5, 0.6) is 0 Å². The van der Waals surface area contributed by atoms with E-state index in [1.807, 2.05) is 12.1 Å². The van der Waals surface area contributed by atoms with Crippen LogP contribution in [0.1, 0.15) is 12.8 Å². The molecule has 3 rings (SSSR count). The summed E-state index contributed by atoms with van der Waals surface area (Å²) in [4.78, 5) is 31.0. The summed E-state index contributed by atoms with van der Waals surface area (Å²) in [5, 5.41) is 22.5. The first kappa shape index (κ1) is 20.1. The second-order valence-electron chi connectivity index (χ2n) is 6.15. The number of nitrogens with zero attached hydrogens (tertiary/aromatic N) is 7. The van der Waals surface area contributed by atoms with Gasteiger partial charge in [-0.2, -0.15) is 15.6 Å². The largest absolute Gasteiger partial charge is 0.339 e. The van der Waals surface area contributed by atoms with E-state index in [-0.39, 0.29) is 43.8 Å². The van der Waals surface area contributed by atoms with Crippen molar-refractivity contribution in [2.45, 2.75) is 19.4 Å². The Morgan fingerprint density at radius 2 is 1.93 bits per heavy atom. The SMILES string of the molecule is N#CCCN(CCC#N)C(=O)Cn1cnc2c(cnn2-c2cccc(Cl)c2)c1=O. The monoisotopic (exact) mass is 409 g/mol. The van der Waals surface area contributed by atoms with Crippen LogP contribution in [-0.4, -0.2) is 43.2 Å². The third kappa shape index (κ3) is 4.42. The first-order chi connectivity index (χ1) is 14.0. The predicted octanol–water partition coefficient (Wildman–Crippen LogP) is 1.89. The number of benzene rings is 1. The van der Waals surface area contributed by atoms with Crippen molar-refractivity contribution in [1.82, 2.24) is 24.2 Å². The molecule has 0 saturated heterocycles. The number of halogens is 1. The Balaban J connectivity index is 1.89. The van der Waals surface area contributed by atoms with Gasteiger partial charge in [-0.15, -0.1) is 0 Å². The van der Waals surface area contributed by atoms with Gasteiger partial charge in [-0.25, -0.2) is 9.67 Å². The number of carbonyl (C=O) groups excluding carboxylic acids is 1. The summed E-state index contributed by atoms with van der Waals surface area (Å²) in [5.74, 6) is -0.360. The molecule has 1 amide bonds. The highest BCUT2D eigenvalue weighted by molar-refractivity contribution is 6.30. The van der Waals surface area contributed by atoms with Crippen LogP contribution in [0.25, 0.3) is 16.7 Å². The minimum atomic E-state index is -0.405. The van der Waals surface area contributed by atoms with Crippen molar-refractivity contribution in [3.05, 3.63) is 52.2 Å². The standard InChI is InChI=1S/C19H16ClN7O2/c20-14-4-1-5-15(10-14)27-18-16(11-24-27)19(29)26(13-23-18)12-17(28)25(8-2-6-21)9-3-7-22/h1,4-5,10-11,13H,2-3,8-9,12H2.